The van der Waals surface area contributed by atoms with Gasteiger partial charge in [0.25, 0.3) is 0 Å². The molecule has 2 aromatic rings. The number of ketones is 3. The van der Waals surface area contributed by atoms with E-state index in [0.717, 1.165) is 0 Å². The van der Waals surface area contributed by atoms with E-state index in [1.807, 2.05) is 0 Å². The summed E-state index contributed by atoms with van der Waals surface area (Å²) in [6.07, 6.45) is -4.62. The number of aliphatic hydroxyl groups is 2. The van der Waals surface area contributed by atoms with Crippen LogP contribution in [-0.4, -0.2) is 80.4 Å². The first-order valence-electron chi connectivity index (χ1n) is 12.4. The number of benzene rings is 2. The van der Waals surface area contributed by atoms with Gasteiger partial charge in [-0.2, -0.15) is 0 Å². The molecule has 5 rings (SSSR count). The maximum Gasteiger partial charge on any atom is 0.202 e. The molecule has 0 aromatic heterocycles. The van der Waals surface area contributed by atoms with Gasteiger partial charge < -0.3 is 40.4 Å². The first kappa shape index (κ1) is 27.7. The third-order valence-corrected chi connectivity index (χ3v) is 8.29. The number of alkyl halides is 1. The number of aromatic hydroxyl groups is 2. The van der Waals surface area contributed by atoms with E-state index in [1.165, 1.54) is 25.3 Å². The van der Waals surface area contributed by atoms with Gasteiger partial charge in [0.05, 0.1) is 47.4 Å². The van der Waals surface area contributed by atoms with Crippen LogP contribution in [0.4, 0.5) is 0 Å². The molecule has 1 fully saturated rings. The van der Waals surface area contributed by atoms with Crippen LogP contribution in [0, 0.1) is 0 Å². The molecular formula is C27H28BrNO10. The van der Waals surface area contributed by atoms with Gasteiger partial charge in [-0.3, -0.25) is 14.4 Å². The Morgan fingerprint density at radius 1 is 1.18 bits per heavy atom. The minimum Gasteiger partial charge on any atom is -0.507 e. The predicted molar refractivity (Wildman–Crippen MR) is 138 cm³/mol. The zero-order chi connectivity index (χ0) is 28.4. The molecule has 0 bridgehead atoms. The zero-order valence-electron chi connectivity index (χ0n) is 21.1. The van der Waals surface area contributed by atoms with Crippen molar-refractivity contribution < 1.29 is 49.0 Å². The van der Waals surface area contributed by atoms with Gasteiger partial charge in [-0.25, -0.2) is 0 Å². The molecule has 1 aliphatic heterocycles. The number of Topliss-reactive ketones (excluding diaryl/α,β-unsaturated/α-hetero) is 1. The second-order valence-electron chi connectivity index (χ2n) is 10.1. The van der Waals surface area contributed by atoms with Gasteiger partial charge in [0.1, 0.15) is 22.8 Å². The van der Waals surface area contributed by atoms with E-state index in [-0.39, 0.29) is 46.2 Å². The summed E-state index contributed by atoms with van der Waals surface area (Å²) in [6, 6.07) is 3.74. The molecule has 0 spiro atoms. The van der Waals surface area contributed by atoms with Crippen molar-refractivity contribution in [3.05, 3.63) is 51.6 Å². The number of rotatable bonds is 5. The highest BCUT2D eigenvalue weighted by Gasteiger charge is 2.50. The monoisotopic (exact) mass is 605 g/mol. The van der Waals surface area contributed by atoms with E-state index in [9.17, 15) is 34.8 Å². The number of hydrogen-bond acceptors (Lipinski definition) is 11. The number of methoxy groups -OCH3 is 1. The third-order valence-electron chi connectivity index (χ3n) is 7.78. The second-order valence-corrected chi connectivity index (χ2v) is 10.7. The van der Waals surface area contributed by atoms with Gasteiger partial charge in [0.15, 0.2) is 17.9 Å². The van der Waals surface area contributed by atoms with Crippen molar-refractivity contribution >= 4 is 33.3 Å². The van der Waals surface area contributed by atoms with Crippen LogP contribution in [0.1, 0.15) is 68.8 Å². The van der Waals surface area contributed by atoms with Crippen molar-refractivity contribution in [2.45, 2.75) is 62.4 Å². The van der Waals surface area contributed by atoms with Crippen LogP contribution in [-0.2, 0) is 20.7 Å². The minimum atomic E-state index is -2.04. The molecular weight excluding hydrogens is 578 g/mol. The Morgan fingerprint density at radius 3 is 2.51 bits per heavy atom. The normalized spacial score (nSPS) is 29.8. The van der Waals surface area contributed by atoms with Crippen LogP contribution in [0.15, 0.2) is 18.2 Å². The molecule has 1 heterocycles. The van der Waals surface area contributed by atoms with Gasteiger partial charge in [-0.05, 0) is 13.0 Å². The number of halogens is 1. The first-order valence-corrected chi connectivity index (χ1v) is 13.5. The van der Waals surface area contributed by atoms with E-state index < -0.39 is 82.6 Å². The highest BCUT2D eigenvalue weighted by Crippen LogP contribution is 2.52. The lowest BCUT2D eigenvalue weighted by molar-refractivity contribution is -0.247. The van der Waals surface area contributed by atoms with Gasteiger partial charge >= 0.3 is 0 Å². The molecule has 0 amide bonds. The van der Waals surface area contributed by atoms with E-state index in [0.29, 0.717) is 0 Å². The van der Waals surface area contributed by atoms with Crippen molar-refractivity contribution in [2.24, 2.45) is 5.73 Å². The number of phenols is 2. The molecule has 6 atom stereocenters. The van der Waals surface area contributed by atoms with Gasteiger partial charge in [-0.15, -0.1) is 0 Å². The fourth-order valence-corrected chi connectivity index (χ4v) is 6.25. The van der Waals surface area contributed by atoms with Crippen LogP contribution in [0.2, 0.25) is 0 Å². The SMILES string of the molecule is COc1cccc2c1C(=O)c1c(O)c3c(c(O)c1C2=O)C[C@@](O)(C(=O)CBr)C[C@@H]3O[C@H]1C[C@H](N)[C@@H](O)[C@H](C)O1. The van der Waals surface area contributed by atoms with Crippen molar-refractivity contribution in [2.75, 3.05) is 12.4 Å². The first-order chi connectivity index (χ1) is 18.4. The summed E-state index contributed by atoms with van der Waals surface area (Å²) in [6.45, 7) is 1.61. The molecule has 208 valence electrons. The number of nitrogens with two attached hydrogens (primary N) is 1. The molecule has 1 saturated heterocycles. The summed E-state index contributed by atoms with van der Waals surface area (Å²) in [5.74, 6) is -3.20. The van der Waals surface area contributed by atoms with Crippen LogP contribution in [0.3, 0.4) is 0 Å². The third kappa shape index (κ3) is 4.26. The zero-order valence-corrected chi connectivity index (χ0v) is 22.7. The number of phenolic OH excluding ortho intramolecular Hbond substituents is 2. The molecule has 39 heavy (non-hydrogen) atoms. The number of carbonyl (C=O) groups is 3. The standard InChI is InChI=1S/C27H28BrNO10/c1-10-22(31)13(29)6-17(38-10)39-15-8-27(36,16(30)9-28)7-12-19(15)26(35)21-20(24(12)33)23(32)11-4-3-5-14(37-2)18(11)25(21)34/h3-5,10,13,15,17,22,31,33,35-36H,6-9,29H2,1-2H3/t10-,13-,15-,17-,22-,27-/m0/s1. The molecule has 2 aliphatic carbocycles. The second kappa shape index (κ2) is 9.95. The Morgan fingerprint density at radius 2 is 1.87 bits per heavy atom. The van der Waals surface area contributed by atoms with E-state index >= 15 is 0 Å². The fourth-order valence-electron chi connectivity index (χ4n) is 5.73. The van der Waals surface area contributed by atoms with Crippen LogP contribution >= 0.6 is 15.9 Å². The number of aliphatic hydroxyl groups excluding tert-OH is 1. The maximum absolute atomic E-state index is 13.7. The molecule has 12 heteroatoms. The molecule has 0 saturated carbocycles. The average Bonchev–Trinajstić information content (AvgIpc) is 2.90. The topological polar surface area (TPSA) is 186 Å². The highest BCUT2D eigenvalue weighted by molar-refractivity contribution is 9.09. The number of hydrogen-bond donors (Lipinski definition) is 5. The Bertz CT molecular complexity index is 1380. The molecule has 2 aromatic carbocycles. The van der Waals surface area contributed by atoms with Gasteiger partial charge in [-0.1, -0.05) is 28.1 Å². The summed E-state index contributed by atoms with van der Waals surface area (Å²) < 4.78 is 17.1. The largest absolute Gasteiger partial charge is 0.507 e. The smallest absolute Gasteiger partial charge is 0.202 e. The van der Waals surface area contributed by atoms with Gasteiger partial charge in [0, 0.05) is 42.0 Å². The fraction of sp³-hybridized carbons (Fsp3) is 0.444. The van der Waals surface area contributed by atoms with Crippen molar-refractivity contribution in [3.63, 3.8) is 0 Å². The van der Waals surface area contributed by atoms with Crippen molar-refractivity contribution in [1.29, 1.82) is 0 Å². The lowest BCUT2D eigenvalue weighted by Crippen LogP contribution is -2.52. The lowest BCUT2D eigenvalue weighted by atomic mass is 9.72. The average molecular weight is 606 g/mol. The predicted octanol–water partition coefficient (Wildman–Crippen LogP) is 1.40. The van der Waals surface area contributed by atoms with Gasteiger partial charge in [0.2, 0.25) is 5.78 Å². The van der Waals surface area contributed by atoms with E-state index in [2.05, 4.69) is 15.9 Å². The Labute approximate surface area is 231 Å². The Kier molecular flexibility index (Phi) is 7.06. The van der Waals surface area contributed by atoms with E-state index in [1.54, 1.807) is 6.92 Å². The lowest BCUT2D eigenvalue weighted by Gasteiger charge is -2.42. The Hall–Kier alpha value is -2.87. The molecule has 3 aliphatic rings. The van der Waals surface area contributed by atoms with Crippen LogP contribution in [0.5, 0.6) is 17.2 Å². The molecule has 11 nitrogen and oxygen atoms in total. The number of carbonyl (C=O) groups excluding carboxylic acids is 3. The maximum atomic E-state index is 13.7. The molecule has 6 N–H and O–H groups in total. The summed E-state index contributed by atoms with van der Waals surface area (Å²) in [5.41, 5.74) is 2.91. The summed E-state index contributed by atoms with van der Waals surface area (Å²) in [7, 11) is 1.34. The van der Waals surface area contributed by atoms with E-state index in [4.69, 9.17) is 19.9 Å². The summed E-state index contributed by atoms with van der Waals surface area (Å²) in [4.78, 5) is 40.0. The molecule has 0 unspecified atom stereocenters. The quantitative estimate of drug-likeness (QED) is 0.209. The minimum absolute atomic E-state index is 0.0194. The van der Waals surface area contributed by atoms with Crippen LogP contribution < -0.4 is 10.5 Å². The molecule has 0 radical (unpaired) electrons. The van der Waals surface area contributed by atoms with Crippen molar-refractivity contribution in [1.82, 2.24) is 0 Å². The summed E-state index contributed by atoms with van der Waals surface area (Å²) >= 11 is 3.07. The van der Waals surface area contributed by atoms with Crippen LogP contribution in [0.25, 0.3) is 0 Å². The number of ether oxygens (including phenoxy) is 3. The summed E-state index contributed by atoms with van der Waals surface area (Å²) in [5, 5.41) is 44.2. The highest BCUT2D eigenvalue weighted by atomic mass is 79.9. The number of fused-ring (bicyclic) bond motifs is 3. The van der Waals surface area contributed by atoms with Crippen molar-refractivity contribution in [3.8, 4) is 17.2 Å². The Balaban J connectivity index is 1.69.